The molecule has 0 aromatic heterocycles. The summed E-state index contributed by atoms with van der Waals surface area (Å²) in [5.41, 5.74) is 2.28. The smallest absolute Gasteiger partial charge is 0.255 e. The van der Waals surface area contributed by atoms with Gasteiger partial charge in [-0.2, -0.15) is 4.31 Å². The van der Waals surface area contributed by atoms with Crippen molar-refractivity contribution in [2.75, 3.05) is 43.7 Å². The maximum absolute atomic E-state index is 13.4. The maximum Gasteiger partial charge on any atom is 0.255 e. The Morgan fingerprint density at radius 1 is 1.23 bits per heavy atom. The molecule has 2 aromatic rings. The van der Waals surface area contributed by atoms with Crippen LogP contribution in [0.15, 0.2) is 42.5 Å². The Morgan fingerprint density at radius 3 is 2.61 bits per heavy atom. The molecule has 1 saturated heterocycles. The van der Waals surface area contributed by atoms with Gasteiger partial charge in [0.25, 0.3) is 5.91 Å². The number of anilines is 2. The number of ether oxygens (including phenoxy) is 1. The first kappa shape index (κ1) is 23.2. The fourth-order valence-corrected chi connectivity index (χ4v) is 4.39. The number of rotatable bonds is 8. The van der Waals surface area contributed by atoms with E-state index in [1.165, 1.54) is 28.8 Å². The Balaban J connectivity index is 1.85. The molecule has 1 fully saturated rings. The van der Waals surface area contributed by atoms with Crippen LogP contribution >= 0.6 is 0 Å². The van der Waals surface area contributed by atoms with Crippen molar-refractivity contribution in [1.29, 1.82) is 0 Å². The zero-order chi connectivity index (χ0) is 22.6. The summed E-state index contributed by atoms with van der Waals surface area (Å²) in [5.74, 6) is -0.934. The van der Waals surface area contributed by atoms with Gasteiger partial charge in [-0.3, -0.25) is 4.79 Å². The Labute approximate surface area is 182 Å². The molecule has 0 spiro atoms. The van der Waals surface area contributed by atoms with Gasteiger partial charge < -0.3 is 15.0 Å². The van der Waals surface area contributed by atoms with Crippen molar-refractivity contribution in [3.63, 3.8) is 0 Å². The molecule has 0 bridgehead atoms. The van der Waals surface area contributed by atoms with E-state index in [-0.39, 0.29) is 24.8 Å². The summed E-state index contributed by atoms with van der Waals surface area (Å²) in [6.07, 6.45) is 2.82. The van der Waals surface area contributed by atoms with E-state index in [4.69, 9.17) is 4.74 Å². The minimum absolute atomic E-state index is 0.117. The summed E-state index contributed by atoms with van der Waals surface area (Å²) in [5, 5.41) is 2.76. The van der Waals surface area contributed by atoms with Gasteiger partial charge in [-0.15, -0.1) is 0 Å². The lowest BCUT2D eigenvalue weighted by atomic mass is 10.1. The Morgan fingerprint density at radius 2 is 2.00 bits per heavy atom. The number of nitrogens with one attached hydrogen (secondary N) is 1. The van der Waals surface area contributed by atoms with Crippen LogP contribution in [0.3, 0.4) is 0 Å². The second-order valence-corrected chi connectivity index (χ2v) is 9.88. The first-order chi connectivity index (χ1) is 14.6. The Kier molecular flexibility index (Phi) is 7.30. The third kappa shape index (κ3) is 6.25. The normalized spacial score (nSPS) is 16.5. The molecule has 0 aliphatic carbocycles. The maximum atomic E-state index is 13.4. The van der Waals surface area contributed by atoms with E-state index in [0.717, 1.165) is 30.2 Å². The molecule has 7 nitrogen and oxygen atoms in total. The highest BCUT2D eigenvalue weighted by Gasteiger charge is 2.26. The third-order valence-corrected chi connectivity index (χ3v) is 6.37. The molecule has 1 amide bonds. The Bertz CT molecular complexity index is 1040. The van der Waals surface area contributed by atoms with Crippen LogP contribution in [0.2, 0.25) is 0 Å². The number of nitrogens with zero attached hydrogens (tertiary/aromatic N) is 2. The quantitative estimate of drug-likeness (QED) is 0.670. The van der Waals surface area contributed by atoms with Gasteiger partial charge in [0.1, 0.15) is 5.82 Å². The summed E-state index contributed by atoms with van der Waals surface area (Å²) in [6, 6.07) is 10.7. The lowest BCUT2D eigenvalue weighted by Crippen LogP contribution is -2.36. The third-order valence-electron chi connectivity index (χ3n) is 5.15. The standard InChI is InChI=1S/C22H28FN3O4S/c1-25(2)21-10-9-19(24-22(27)16-6-4-7-18(23)12-16)13-17(21)14-26(31(3,28)29)15-20-8-5-11-30-20/h4,6-7,9-10,12-13,20H,5,8,11,14-15H2,1-3H3,(H,24,27). The highest BCUT2D eigenvalue weighted by molar-refractivity contribution is 7.88. The Hall–Kier alpha value is -2.49. The van der Waals surface area contributed by atoms with E-state index in [9.17, 15) is 17.6 Å². The molecule has 3 rings (SSSR count). The number of sulfonamides is 1. The largest absolute Gasteiger partial charge is 0.377 e. The number of carbonyl (C=O) groups excluding carboxylic acids is 1. The average molecular weight is 450 g/mol. The zero-order valence-corrected chi connectivity index (χ0v) is 18.8. The van der Waals surface area contributed by atoms with Crippen molar-refractivity contribution in [3.05, 3.63) is 59.4 Å². The molecule has 31 heavy (non-hydrogen) atoms. The summed E-state index contributed by atoms with van der Waals surface area (Å²) >= 11 is 0. The van der Waals surface area contributed by atoms with E-state index >= 15 is 0 Å². The lowest BCUT2D eigenvalue weighted by Gasteiger charge is -2.26. The highest BCUT2D eigenvalue weighted by atomic mass is 32.2. The van der Waals surface area contributed by atoms with E-state index < -0.39 is 21.7 Å². The monoisotopic (exact) mass is 449 g/mol. The molecule has 0 radical (unpaired) electrons. The number of benzene rings is 2. The van der Waals surface area contributed by atoms with Crippen molar-refractivity contribution in [1.82, 2.24) is 4.31 Å². The van der Waals surface area contributed by atoms with Crippen LogP contribution in [-0.2, 0) is 21.3 Å². The van der Waals surface area contributed by atoms with Crippen LogP contribution in [0.1, 0.15) is 28.8 Å². The van der Waals surface area contributed by atoms with Crippen molar-refractivity contribution >= 4 is 27.3 Å². The number of halogens is 1. The predicted molar refractivity (Wildman–Crippen MR) is 119 cm³/mol. The predicted octanol–water partition coefficient (Wildman–Crippen LogP) is 3.08. The topological polar surface area (TPSA) is 79.0 Å². The minimum Gasteiger partial charge on any atom is -0.377 e. The molecular weight excluding hydrogens is 421 g/mol. The van der Waals surface area contributed by atoms with E-state index in [0.29, 0.717) is 12.3 Å². The lowest BCUT2D eigenvalue weighted by molar-refractivity contribution is 0.0928. The van der Waals surface area contributed by atoms with Gasteiger partial charge in [0, 0.05) is 50.7 Å². The SMILES string of the molecule is CN(C)c1ccc(NC(=O)c2cccc(F)c2)cc1CN(CC1CCCO1)S(C)(=O)=O. The van der Waals surface area contributed by atoms with Gasteiger partial charge in [0.2, 0.25) is 10.0 Å². The number of hydrogen-bond acceptors (Lipinski definition) is 5. The first-order valence-corrected chi connectivity index (χ1v) is 11.9. The molecule has 1 N–H and O–H groups in total. The van der Waals surface area contributed by atoms with Crippen molar-refractivity contribution in [2.24, 2.45) is 0 Å². The summed E-state index contributed by atoms with van der Waals surface area (Å²) < 4.78 is 45.3. The van der Waals surface area contributed by atoms with Gasteiger partial charge in [0.15, 0.2) is 0 Å². The molecule has 1 heterocycles. The van der Waals surface area contributed by atoms with Crippen LogP contribution < -0.4 is 10.2 Å². The summed E-state index contributed by atoms with van der Waals surface area (Å²) in [4.78, 5) is 14.4. The van der Waals surface area contributed by atoms with Gasteiger partial charge >= 0.3 is 0 Å². The van der Waals surface area contributed by atoms with Crippen LogP contribution in [0, 0.1) is 5.82 Å². The number of carbonyl (C=O) groups is 1. The fourth-order valence-electron chi connectivity index (χ4n) is 3.58. The number of amides is 1. The van der Waals surface area contributed by atoms with Gasteiger partial charge in [-0.05, 0) is 54.8 Å². The summed E-state index contributed by atoms with van der Waals surface area (Å²) in [7, 11) is 0.269. The van der Waals surface area contributed by atoms with Crippen LogP contribution in [-0.4, -0.2) is 58.2 Å². The summed E-state index contributed by atoms with van der Waals surface area (Å²) in [6.45, 7) is 1.08. The molecule has 1 atom stereocenters. The van der Waals surface area contributed by atoms with E-state index in [1.807, 2.05) is 25.1 Å². The first-order valence-electron chi connectivity index (χ1n) is 10.1. The molecule has 1 aliphatic heterocycles. The van der Waals surface area contributed by atoms with Gasteiger partial charge in [-0.25, -0.2) is 12.8 Å². The van der Waals surface area contributed by atoms with Crippen molar-refractivity contribution in [2.45, 2.75) is 25.5 Å². The van der Waals surface area contributed by atoms with Crippen molar-refractivity contribution in [3.8, 4) is 0 Å². The molecule has 9 heteroatoms. The van der Waals surface area contributed by atoms with E-state index in [1.54, 1.807) is 12.1 Å². The van der Waals surface area contributed by atoms with Gasteiger partial charge in [-0.1, -0.05) is 6.07 Å². The molecule has 1 aliphatic rings. The van der Waals surface area contributed by atoms with Crippen LogP contribution in [0.5, 0.6) is 0 Å². The second kappa shape index (κ2) is 9.76. The zero-order valence-electron chi connectivity index (χ0n) is 18.0. The minimum atomic E-state index is -3.47. The number of hydrogen-bond donors (Lipinski definition) is 1. The van der Waals surface area contributed by atoms with E-state index in [2.05, 4.69) is 5.32 Å². The molecular formula is C22H28FN3O4S. The molecule has 168 valence electrons. The van der Waals surface area contributed by atoms with Crippen LogP contribution in [0.25, 0.3) is 0 Å². The van der Waals surface area contributed by atoms with Crippen LogP contribution in [0.4, 0.5) is 15.8 Å². The average Bonchev–Trinajstić information content (AvgIpc) is 3.20. The molecule has 0 saturated carbocycles. The van der Waals surface area contributed by atoms with Gasteiger partial charge in [0.05, 0.1) is 12.4 Å². The van der Waals surface area contributed by atoms with Crippen molar-refractivity contribution < 1.29 is 22.3 Å². The molecule has 1 unspecified atom stereocenters. The molecule has 2 aromatic carbocycles. The highest BCUT2D eigenvalue weighted by Crippen LogP contribution is 2.26. The fraction of sp³-hybridized carbons (Fsp3) is 0.409. The second-order valence-electron chi connectivity index (χ2n) is 7.89.